The molecule has 1 fully saturated rings. The minimum atomic E-state index is -0.582. The molecule has 3 nitrogen and oxygen atoms in total. The molecule has 0 aromatic rings. The van der Waals surface area contributed by atoms with Gasteiger partial charge in [-0.3, -0.25) is 0 Å². The van der Waals surface area contributed by atoms with Crippen LogP contribution in [0.5, 0.6) is 0 Å². The van der Waals surface area contributed by atoms with Gasteiger partial charge in [-0.25, -0.2) is 0 Å². The van der Waals surface area contributed by atoms with Crippen molar-refractivity contribution in [2.24, 2.45) is 0 Å². The molecule has 1 aliphatic heterocycles. The van der Waals surface area contributed by atoms with Crippen molar-refractivity contribution < 1.29 is 10.2 Å². The zero-order valence-corrected chi connectivity index (χ0v) is 11.7. The predicted octanol–water partition coefficient (Wildman–Crippen LogP) is 2.16. The monoisotopic (exact) mass is 243 g/mol. The zero-order chi connectivity index (χ0) is 12.9. The van der Waals surface area contributed by atoms with Crippen LogP contribution in [0.4, 0.5) is 0 Å². The van der Waals surface area contributed by atoms with Gasteiger partial charge in [-0.05, 0) is 53.0 Å². The fourth-order valence-corrected chi connectivity index (χ4v) is 2.61. The van der Waals surface area contributed by atoms with Gasteiger partial charge in [-0.1, -0.05) is 12.8 Å². The highest BCUT2D eigenvalue weighted by Crippen LogP contribution is 2.22. The molecule has 0 aromatic heterocycles. The Morgan fingerprint density at radius 3 is 2.59 bits per heavy atom. The molecule has 1 saturated heterocycles. The summed E-state index contributed by atoms with van der Waals surface area (Å²) in [6, 6.07) is 0.500. The molecule has 3 heteroatoms. The van der Waals surface area contributed by atoms with E-state index in [-0.39, 0.29) is 6.10 Å². The number of likely N-dealkylation sites (tertiary alicyclic amines) is 1. The summed E-state index contributed by atoms with van der Waals surface area (Å²) >= 11 is 0. The van der Waals surface area contributed by atoms with E-state index in [0.717, 1.165) is 25.9 Å². The van der Waals surface area contributed by atoms with Crippen molar-refractivity contribution in [1.29, 1.82) is 0 Å². The molecule has 0 aliphatic carbocycles. The second kappa shape index (κ2) is 6.72. The van der Waals surface area contributed by atoms with E-state index in [1.165, 1.54) is 25.7 Å². The van der Waals surface area contributed by atoms with Gasteiger partial charge in [0.1, 0.15) is 0 Å². The normalized spacial score (nSPS) is 25.6. The van der Waals surface area contributed by atoms with Crippen LogP contribution in [0.3, 0.4) is 0 Å². The van der Waals surface area contributed by atoms with E-state index in [4.69, 9.17) is 0 Å². The van der Waals surface area contributed by atoms with Crippen molar-refractivity contribution in [2.75, 3.05) is 13.1 Å². The molecule has 0 spiro atoms. The summed E-state index contributed by atoms with van der Waals surface area (Å²) in [6.07, 6.45) is 6.47. The van der Waals surface area contributed by atoms with Gasteiger partial charge in [0, 0.05) is 12.6 Å². The summed E-state index contributed by atoms with van der Waals surface area (Å²) in [5.74, 6) is 0. The highest BCUT2D eigenvalue weighted by molar-refractivity contribution is 4.79. The Morgan fingerprint density at radius 2 is 2.00 bits per heavy atom. The molecule has 0 bridgehead atoms. The van der Waals surface area contributed by atoms with E-state index >= 15 is 0 Å². The van der Waals surface area contributed by atoms with Crippen molar-refractivity contribution in [2.45, 2.75) is 77.0 Å². The maximum absolute atomic E-state index is 9.81. The molecule has 17 heavy (non-hydrogen) atoms. The molecule has 0 aromatic carbocycles. The number of hydrogen-bond acceptors (Lipinski definition) is 3. The lowest BCUT2D eigenvalue weighted by molar-refractivity contribution is 0.0445. The van der Waals surface area contributed by atoms with Gasteiger partial charge in [-0.2, -0.15) is 0 Å². The average Bonchev–Trinajstić information content (AvgIpc) is 2.38. The molecule has 2 atom stereocenters. The minimum Gasteiger partial charge on any atom is -0.393 e. The standard InChI is InChI=1S/C14H29NO2/c1-12(16)11-13-7-5-4-6-9-15(13)10-8-14(2,3)17/h12-13,16-17H,4-11H2,1-3H3. The molecule has 0 saturated carbocycles. The van der Waals surface area contributed by atoms with E-state index in [0.29, 0.717) is 6.04 Å². The van der Waals surface area contributed by atoms with Gasteiger partial charge < -0.3 is 15.1 Å². The highest BCUT2D eigenvalue weighted by atomic mass is 16.3. The first-order valence-electron chi connectivity index (χ1n) is 7.03. The maximum atomic E-state index is 9.81. The number of hydrogen-bond donors (Lipinski definition) is 2. The summed E-state index contributed by atoms with van der Waals surface area (Å²) in [7, 11) is 0. The quantitative estimate of drug-likeness (QED) is 0.777. The Morgan fingerprint density at radius 1 is 1.29 bits per heavy atom. The smallest absolute Gasteiger partial charge is 0.0603 e. The third-order valence-corrected chi connectivity index (χ3v) is 3.62. The molecule has 1 heterocycles. The maximum Gasteiger partial charge on any atom is 0.0603 e. The first kappa shape index (κ1) is 14.9. The summed E-state index contributed by atoms with van der Waals surface area (Å²) in [6.45, 7) is 7.68. The molecular weight excluding hydrogens is 214 g/mol. The number of aliphatic hydroxyl groups excluding tert-OH is 1. The van der Waals surface area contributed by atoms with Crippen LogP contribution in [0.25, 0.3) is 0 Å². The van der Waals surface area contributed by atoms with Crippen molar-refractivity contribution in [3.05, 3.63) is 0 Å². The Balaban J connectivity index is 2.49. The van der Waals surface area contributed by atoms with Gasteiger partial charge in [0.2, 0.25) is 0 Å². The summed E-state index contributed by atoms with van der Waals surface area (Å²) in [5, 5.41) is 19.4. The second-order valence-corrected chi connectivity index (χ2v) is 6.19. The molecular formula is C14H29NO2. The van der Waals surface area contributed by atoms with Crippen LogP contribution in [0.2, 0.25) is 0 Å². The molecule has 1 aliphatic rings. The molecule has 0 radical (unpaired) electrons. The Kier molecular flexibility index (Phi) is 5.90. The zero-order valence-electron chi connectivity index (χ0n) is 11.7. The van der Waals surface area contributed by atoms with Crippen LogP contribution in [-0.2, 0) is 0 Å². The average molecular weight is 243 g/mol. The topological polar surface area (TPSA) is 43.7 Å². The molecule has 2 unspecified atom stereocenters. The van der Waals surface area contributed by atoms with Gasteiger partial charge in [0.25, 0.3) is 0 Å². The van der Waals surface area contributed by atoms with Crippen molar-refractivity contribution in [1.82, 2.24) is 4.90 Å². The summed E-state index contributed by atoms with van der Waals surface area (Å²) in [4.78, 5) is 2.47. The van der Waals surface area contributed by atoms with Crippen LogP contribution in [-0.4, -0.2) is 45.9 Å². The van der Waals surface area contributed by atoms with E-state index in [2.05, 4.69) is 4.90 Å². The van der Waals surface area contributed by atoms with E-state index in [9.17, 15) is 10.2 Å². The van der Waals surface area contributed by atoms with E-state index < -0.39 is 5.60 Å². The SMILES string of the molecule is CC(O)CC1CCCCCN1CCC(C)(C)O. The van der Waals surface area contributed by atoms with Crippen molar-refractivity contribution >= 4 is 0 Å². The first-order chi connectivity index (χ1) is 7.88. The minimum absolute atomic E-state index is 0.220. The lowest BCUT2D eigenvalue weighted by atomic mass is 10.0. The lowest BCUT2D eigenvalue weighted by Gasteiger charge is -2.32. The Hall–Kier alpha value is -0.120. The van der Waals surface area contributed by atoms with E-state index in [1.807, 2.05) is 20.8 Å². The molecule has 2 N–H and O–H groups in total. The Labute approximate surface area is 106 Å². The van der Waals surface area contributed by atoms with Gasteiger partial charge in [-0.15, -0.1) is 0 Å². The van der Waals surface area contributed by atoms with Gasteiger partial charge >= 0.3 is 0 Å². The molecule has 0 amide bonds. The van der Waals surface area contributed by atoms with Gasteiger partial charge in [0.15, 0.2) is 0 Å². The Bertz CT molecular complexity index is 211. The number of nitrogens with zero attached hydrogens (tertiary/aromatic N) is 1. The van der Waals surface area contributed by atoms with Crippen LogP contribution < -0.4 is 0 Å². The number of aliphatic hydroxyl groups is 2. The fourth-order valence-electron chi connectivity index (χ4n) is 2.61. The van der Waals surface area contributed by atoms with Crippen molar-refractivity contribution in [3.8, 4) is 0 Å². The van der Waals surface area contributed by atoms with Crippen LogP contribution >= 0.6 is 0 Å². The fraction of sp³-hybridized carbons (Fsp3) is 1.00. The number of rotatable bonds is 5. The van der Waals surface area contributed by atoms with Crippen LogP contribution in [0.15, 0.2) is 0 Å². The van der Waals surface area contributed by atoms with Crippen molar-refractivity contribution in [3.63, 3.8) is 0 Å². The predicted molar refractivity (Wildman–Crippen MR) is 71.0 cm³/mol. The summed E-state index contributed by atoms with van der Waals surface area (Å²) in [5.41, 5.74) is -0.582. The summed E-state index contributed by atoms with van der Waals surface area (Å²) < 4.78 is 0. The molecule has 1 rings (SSSR count). The first-order valence-corrected chi connectivity index (χ1v) is 7.03. The largest absolute Gasteiger partial charge is 0.393 e. The van der Waals surface area contributed by atoms with Crippen LogP contribution in [0.1, 0.15) is 59.3 Å². The third kappa shape index (κ3) is 6.39. The highest BCUT2D eigenvalue weighted by Gasteiger charge is 2.24. The van der Waals surface area contributed by atoms with Crippen LogP contribution in [0, 0.1) is 0 Å². The second-order valence-electron chi connectivity index (χ2n) is 6.19. The van der Waals surface area contributed by atoms with Gasteiger partial charge in [0.05, 0.1) is 11.7 Å². The van der Waals surface area contributed by atoms with E-state index in [1.54, 1.807) is 0 Å². The third-order valence-electron chi connectivity index (χ3n) is 3.62. The lowest BCUT2D eigenvalue weighted by Crippen LogP contribution is -2.40. The molecule has 102 valence electrons.